The van der Waals surface area contributed by atoms with Crippen molar-refractivity contribution in [3.05, 3.63) is 81.8 Å². The number of piperazine rings is 1. The van der Waals surface area contributed by atoms with Gasteiger partial charge >= 0.3 is 0 Å². The summed E-state index contributed by atoms with van der Waals surface area (Å²) in [4.78, 5) is 4.94. The van der Waals surface area contributed by atoms with E-state index in [4.69, 9.17) is 16.3 Å². The minimum Gasteiger partial charge on any atom is -0.489 e. The van der Waals surface area contributed by atoms with E-state index >= 15 is 0 Å². The Hall–Kier alpha value is -2.30. The number of halogens is 2. The largest absolute Gasteiger partial charge is 0.489 e. The number of ether oxygens (including phenoxy) is 1. The Morgan fingerprint density at radius 3 is 2.42 bits per heavy atom. The first-order chi connectivity index (χ1) is 15.0. The molecular formula is C26H30ClFN2O. The molecule has 1 aliphatic heterocycles. The third-order valence-electron chi connectivity index (χ3n) is 5.65. The third kappa shape index (κ3) is 6.11. The zero-order valence-corrected chi connectivity index (χ0v) is 19.0. The Kier molecular flexibility index (Phi) is 6.99. The number of benzene rings is 2. The van der Waals surface area contributed by atoms with Gasteiger partial charge in [0.1, 0.15) is 11.6 Å². The molecule has 1 saturated carbocycles. The monoisotopic (exact) mass is 440 g/mol. The topological polar surface area (TPSA) is 15.7 Å². The molecule has 1 saturated heterocycles. The Morgan fingerprint density at radius 1 is 1.06 bits per heavy atom. The van der Waals surface area contributed by atoms with E-state index in [9.17, 15) is 4.39 Å². The number of allylic oxidation sites excluding steroid dienone is 2. The van der Waals surface area contributed by atoms with Crippen LogP contribution in [0.4, 0.5) is 4.39 Å². The van der Waals surface area contributed by atoms with Crippen LogP contribution in [-0.4, -0.2) is 42.1 Å². The van der Waals surface area contributed by atoms with Crippen molar-refractivity contribution in [1.29, 1.82) is 0 Å². The molecule has 0 amide bonds. The summed E-state index contributed by atoms with van der Waals surface area (Å²) in [6.45, 7) is 8.91. The lowest BCUT2D eigenvalue weighted by Crippen LogP contribution is -2.45. The van der Waals surface area contributed by atoms with Gasteiger partial charge in [0.25, 0.3) is 0 Å². The van der Waals surface area contributed by atoms with Gasteiger partial charge in [-0.1, -0.05) is 35.9 Å². The van der Waals surface area contributed by atoms with Crippen LogP contribution in [-0.2, 0) is 6.54 Å². The van der Waals surface area contributed by atoms with Crippen molar-refractivity contribution in [3.8, 4) is 5.75 Å². The van der Waals surface area contributed by atoms with E-state index < -0.39 is 0 Å². The molecule has 2 aliphatic rings. The first kappa shape index (κ1) is 21.9. The van der Waals surface area contributed by atoms with Gasteiger partial charge in [-0.15, -0.1) is 0 Å². The van der Waals surface area contributed by atoms with E-state index in [1.807, 2.05) is 44.2 Å². The highest BCUT2D eigenvalue weighted by Crippen LogP contribution is 2.35. The van der Waals surface area contributed by atoms with Crippen molar-refractivity contribution in [2.45, 2.75) is 39.3 Å². The van der Waals surface area contributed by atoms with E-state index in [1.165, 1.54) is 24.1 Å². The van der Waals surface area contributed by atoms with E-state index in [0.717, 1.165) is 49.6 Å². The van der Waals surface area contributed by atoms with Crippen molar-refractivity contribution >= 4 is 17.7 Å². The summed E-state index contributed by atoms with van der Waals surface area (Å²) in [6.07, 6.45) is 6.89. The van der Waals surface area contributed by atoms with E-state index in [-0.39, 0.29) is 11.9 Å². The number of nitrogens with zero attached hydrogens (tertiary/aromatic N) is 2. The Morgan fingerprint density at radius 2 is 1.77 bits per heavy atom. The molecule has 0 bridgehead atoms. The molecule has 0 aromatic heterocycles. The van der Waals surface area contributed by atoms with Crippen molar-refractivity contribution in [2.24, 2.45) is 0 Å². The maximum absolute atomic E-state index is 13.1. The molecule has 31 heavy (non-hydrogen) atoms. The van der Waals surface area contributed by atoms with Gasteiger partial charge in [-0.2, -0.15) is 0 Å². The zero-order chi connectivity index (χ0) is 21.8. The zero-order valence-electron chi connectivity index (χ0n) is 18.3. The van der Waals surface area contributed by atoms with Crippen molar-refractivity contribution in [3.63, 3.8) is 0 Å². The van der Waals surface area contributed by atoms with Crippen LogP contribution in [0.2, 0.25) is 5.02 Å². The van der Waals surface area contributed by atoms with E-state index in [2.05, 4.69) is 22.0 Å². The highest BCUT2D eigenvalue weighted by Gasteiger charge is 2.24. The molecule has 1 aliphatic carbocycles. The molecule has 0 atom stereocenters. The second-order valence-corrected chi connectivity index (χ2v) is 8.98. The van der Waals surface area contributed by atoms with Gasteiger partial charge < -0.3 is 9.64 Å². The molecule has 0 N–H and O–H groups in total. The lowest BCUT2D eigenvalue weighted by molar-refractivity contribution is 0.155. The van der Waals surface area contributed by atoms with Crippen molar-refractivity contribution in [1.82, 2.24) is 9.80 Å². The summed E-state index contributed by atoms with van der Waals surface area (Å²) in [5, 5.41) is 0.642. The van der Waals surface area contributed by atoms with Crippen LogP contribution in [0.1, 0.15) is 37.8 Å². The average Bonchev–Trinajstić information content (AvgIpc) is 3.58. The molecule has 3 nitrogen and oxygen atoms in total. The molecule has 5 heteroatoms. The summed E-state index contributed by atoms with van der Waals surface area (Å²) in [5.74, 6) is 0.554. The summed E-state index contributed by atoms with van der Waals surface area (Å²) in [7, 11) is 0. The second-order valence-electron chi connectivity index (χ2n) is 8.57. The van der Waals surface area contributed by atoms with Gasteiger partial charge in [0, 0.05) is 38.4 Å². The molecule has 4 rings (SSSR count). The SMILES string of the molecule is CC(C)Oc1cc(/C=C/C(=C2CC2)N2CCN(Cc3ccc(F)cc3)CC2)ccc1Cl. The lowest BCUT2D eigenvalue weighted by atomic mass is 10.1. The van der Waals surface area contributed by atoms with Crippen LogP contribution >= 0.6 is 11.6 Å². The van der Waals surface area contributed by atoms with Gasteiger partial charge in [-0.05, 0) is 73.7 Å². The highest BCUT2D eigenvalue weighted by atomic mass is 35.5. The normalized spacial score (nSPS) is 16.9. The van der Waals surface area contributed by atoms with Crippen LogP contribution in [0.5, 0.6) is 5.75 Å². The molecule has 2 aromatic carbocycles. The summed E-state index contributed by atoms with van der Waals surface area (Å²) >= 11 is 6.27. The van der Waals surface area contributed by atoms with E-state index in [1.54, 1.807) is 12.1 Å². The Labute approximate surface area is 189 Å². The van der Waals surface area contributed by atoms with Gasteiger partial charge in [0.15, 0.2) is 0 Å². The van der Waals surface area contributed by atoms with Crippen molar-refractivity contribution in [2.75, 3.05) is 26.2 Å². The predicted octanol–water partition coefficient (Wildman–Crippen LogP) is 6.15. The maximum Gasteiger partial charge on any atom is 0.138 e. The average molecular weight is 441 g/mol. The molecule has 164 valence electrons. The highest BCUT2D eigenvalue weighted by molar-refractivity contribution is 6.32. The van der Waals surface area contributed by atoms with Gasteiger partial charge in [-0.25, -0.2) is 4.39 Å². The van der Waals surface area contributed by atoms with Crippen molar-refractivity contribution < 1.29 is 9.13 Å². The Balaban J connectivity index is 1.38. The first-order valence-electron chi connectivity index (χ1n) is 11.1. The fourth-order valence-electron chi connectivity index (χ4n) is 3.90. The second kappa shape index (κ2) is 9.88. The third-order valence-corrected chi connectivity index (χ3v) is 5.96. The van der Waals surface area contributed by atoms with Crippen LogP contribution in [0, 0.1) is 5.82 Å². The Bertz CT molecular complexity index is 954. The standard InChI is InChI=1S/C26H30ClFN2O/c1-19(2)31-26-17-20(5-11-24(26)27)6-12-25(22-7-8-22)30-15-13-29(14-16-30)18-21-3-9-23(28)10-4-21/h3-6,9-12,17,19H,7-8,13-16,18H2,1-2H3/b12-6+. The summed E-state index contributed by atoms with van der Waals surface area (Å²) in [6, 6.07) is 12.8. The fourth-order valence-corrected chi connectivity index (χ4v) is 4.07. The van der Waals surface area contributed by atoms with E-state index in [0.29, 0.717) is 5.02 Å². The molecule has 2 aromatic rings. The van der Waals surface area contributed by atoms with Crippen LogP contribution in [0.15, 0.2) is 59.8 Å². The van der Waals surface area contributed by atoms with Crippen LogP contribution in [0.3, 0.4) is 0 Å². The smallest absolute Gasteiger partial charge is 0.138 e. The number of rotatable bonds is 7. The lowest BCUT2D eigenvalue weighted by Gasteiger charge is -2.36. The van der Waals surface area contributed by atoms with Gasteiger partial charge in [-0.3, -0.25) is 4.90 Å². The minimum absolute atomic E-state index is 0.0899. The molecule has 0 unspecified atom stereocenters. The molecule has 2 fully saturated rings. The van der Waals surface area contributed by atoms with Gasteiger partial charge in [0.2, 0.25) is 0 Å². The number of hydrogen-bond donors (Lipinski definition) is 0. The number of hydrogen-bond acceptors (Lipinski definition) is 3. The summed E-state index contributed by atoms with van der Waals surface area (Å²) in [5.41, 5.74) is 5.16. The summed E-state index contributed by atoms with van der Waals surface area (Å²) < 4.78 is 19.0. The quantitative estimate of drug-likeness (QED) is 0.513. The van der Waals surface area contributed by atoms with Crippen LogP contribution in [0.25, 0.3) is 6.08 Å². The molecule has 1 heterocycles. The minimum atomic E-state index is -0.176. The fraction of sp³-hybridized carbons (Fsp3) is 0.385. The molecule has 0 radical (unpaired) electrons. The van der Waals surface area contributed by atoms with Gasteiger partial charge in [0.05, 0.1) is 11.1 Å². The predicted molar refractivity (Wildman–Crippen MR) is 126 cm³/mol. The van der Waals surface area contributed by atoms with Crippen LogP contribution < -0.4 is 4.74 Å². The first-order valence-corrected chi connectivity index (χ1v) is 11.4. The molecule has 0 spiro atoms. The molecular weight excluding hydrogens is 411 g/mol. The maximum atomic E-state index is 13.1.